The van der Waals surface area contributed by atoms with E-state index in [1.54, 1.807) is 0 Å². The summed E-state index contributed by atoms with van der Waals surface area (Å²) in [5.74, 6) is -1.66. The molecule has 5 nitrogen and oxygen atoms in total. The van der Waals surface area contributed by atoms with Crippen LogP contribution >= 0.6 is 0 Å². The maximum atomic E-state index is 13.6. The Labute approximate surface area is 149 Å². The largest absolute Gasteiger partial charge is 0.494 e. The fourth-order valence-corrected chi connectivity index (χ4v) is 2.60. The van der Waals surface area contributed by atoms with Crippen molar-refractivity contribution in [1.29, 1.82) is 0 Å². The van der Waals surface area contributed by atoms with Crippen LogP contribution in [0.1, 0.15) is 21.5 Å². The lowest BCUT2D eigenvalue weighted by Gasteiger charge is -2.06. The van der Waals surface area contributed by atoms with Crippen LogP contribution in [0.2, 0.25) is 0 Å². The molecular weight excluding hydrogens is 339 g/mol. The molecule has 134 valence electrons. The molecule has 1 aromatic heterocycles. The lowest BCUT2D eigenvalue weighted by atomic mass is 10.1. The van der Waals surface area contributed by atoms with Crippen LogP contribution in [0.4, 0.5) is 4.39 Å². The fraction of sp³-hybridized carbons (Fsp3) is 0.200. The number of fused-ring (bicyclic) bond motifs is 1. The van der Waals surface area contributed by atoms with Crippen LogP contribution in [0.25, 0.3) is 11.0 Å². The number of hydrogen-bond donors (Lipinski definition) is 0. The molecule has 1 heterocycles. The van der Waals surface area contributed by atoms with Gasteiger partial charge in [-0.05, 0) is 36.8 Å². The number of ether oxygens (including phenoxy) is 2. The second-order valence-corrected chi connectivity index (χ2v) is 5.87. The molecule has 0 unspecified atom stereocenters. The average Bonchev–Trinajstić information content (AvgIpc) is 3.01. The maximum absolute atomic E-state index is 13.6. The van der Waals surface area contributed by atoms with Gasteiger partial charge in [0, 0.05) is 16.5 Å². The first-order valence-electron chi connectivity index (χ1n) is 7.97. The van der Waals surface area contributed by atoms with Gasteiger partial charge < -0.3 is 13.9 Å². The minimum absolute atomic E-state index is 0.0136. The number of hydrogen-bond acceptors (Lipinski definition) is 5. The number of esters is 1. The van der Waals surface area contributed by atoms with E-state index in [1.165, 1.54) is 25.5 Å². The van der Waals surface area contributed by atoms with Gasteiger partial charge in [0.25, 0.3) is 0 Å². The van der Waals surface area contributed by atoms with Crippen LogP contribution in [0, 0.1) is 12.7 Å². The van der Waals surface area contributed by atoms with Crippen LogP contribution in [-0.2, 0) is 16.0 Å². The van der Waals surface area contributed by atoms with E-state index in [4.69, 9.17) is 13.9 Å². The first-order chi connectivity index (χ1) is 12.5. The molecule has 0 spiro atoms. The van der Waals surface area contributed by atoms with Crippen molar-refractivity contribution in [2.75, 3.05) is 13.7 Å². The van der Waals surface area contributed by atoms with Gasteiger partial charge >= 0.3 is 5.97 Å². The normalized spacial score (nSPS) is 10.7. The van der Waals surface area contributed by atoms with Crippen LogP contribution in [0.3, 0.4) is 0 Å². The van der Waals surface area contributed by atoms with Crippen LogP contribution in [0.15, 0.2) is 47.1 Å². The summed E-state index contributed by atoms with van der Waals surface area (Å²) in [7, 11) is 1.34. The van der Waals surface area contributed by atoms with E-state index in [9.17, 15) is 14.0 Å². The van der Waals surface area contributed by atoms with Gasteiger partial charge in [-0.15, -0.1) is 0 Å². The third-order valence-corrected chi connectivity index (χ3v) is 3.98. The second kappa shape index (κ2) is 7.39. The summed E-state index contributed by atoms with van der Waals surface area (Å²) >= 11 is 0. The number of carbonyl (C=O) groups excluding carboxylic acids is 2. The number of carbonyl (C=O) groups is 2. The van der Waals surface area contributed by atoms with Crippen LogP contribution in [0.5, 0.6) is 5.75 Å². The molecule has 0 fully saturated rings. The molecule has 0 saturated heterocycles. The highest BCUT2D eigenvalue weighted by atomic mass is 19.1. The maximum Gasteiger partial charge on any atom is 0.310 e. The minimum Gasteiger partial charge on any atom is -0.494 e. The number of aryl methyl sites for hydroxylation is 1. The van der Waals surface area contributed by atoms with E-state index in [0.29, 0.717) is 11.1 Å². The Hall–Kier alpha value is -3.15. The van der Waals surface area contributed by atoms with E-state index in [0.717, 1.165) is 17.0 Å². The Morgan fingerprint density at radius 2 is 1.96 bits per heavy atom. The van der Waals surface area contributed by atoms with Crippen molar-refractivity contribution in [2.24, 2.45) is 0 Å². The summed E-state index contributed by atoms with van der Waals surface area (Å²) in [5, 5.41) is 0.830. The van der Waals surface area contributed by atoms with Crippen molar-refractivity contribution in [2.45, 2.75) is 13.3 Å². The SMILES string of the molecule is COc1ccc(C(=O)COC(=O)Cc2coc3cc(C)ccc23)cc1F. The van der Waals surface area contributed by atoms with Crippen molar-refractivity contribution in [3.05, 3.63) is 65.2 Å². The van der Waals surface area contributed by atoms with Gasteiger partial charge in [-0.1, -0.05) is 12.1 Å². The monoisotopic (exact) mass is 356 g/mol. The van der Waals surface area contributed by atoms with Gasteiger partial charge in [0.1, 0.15) is 5.58 Å². The van der Waals surface area contributed by atoms with Crippen molar-refractivity contribution < 1.29 is 27.9 Å². The molecule has 0 saturated carbocycles. The number of furan rings is 1. The van der Waals surface area contributed by atoms with Gasteiger partial charge in [-0.25, -0.2) is 4.39 Å². The number of methoxy groups -OCH3 is 1. The fourth-order valence-electron chi connectivity index (χ4n) is 2.60. The molecule has 0 aliphatic heterocycles. The molecule has 3 aromatic rings. The van der Waals surface area contributed by atoms with E-state index >= 15 is 0 Å². The Kier molecular flexibility index (Phi) is 5.02. The van der Waals surface area contributed by atoms with Crippen molar-refractivity contribution in [3.8, 4) is 5.75 Å². The minimum atomic E-state index is -0.648. The molecule has 0 atom stereocenters. The van der Waals surface area contributed by atoms with Gasteiger partial charge in [0.15, 0.2) is 24.0 Å². The molecule has 0 aliphatic carbocycles. The van der Waals surface area contributed by atoms with E-state index < -0.39 is 24.2 Å². The molecule has 0 N–H and O–H groups in total. The summed E-state index contributed by atoms with van der Waals surface area (Å²) in [6.07, 6.45) is 1.49. The van der Waals surface area contributed by atoms with Crippen LogP contribution < -0.4 is 4.74 Å². The predicted octanol–water partition coefficient (Wildman–Crippen LogP) is 3.86. The zero-order valence-electron chi connectivity index (χ0n) is 14.4. The molecular formula is C20H17FO5. The van der Waals surface area contributed by atoms with Gasteiger partial charge in [0.05, 0.1) is 19.8 Å². The smallest absolute Gasteiger partial charge is 0.310 e. The van der Waals surface area contributed by atoms with Crippen molar-refractivity contribution in [3.63, 3.8) is 0 Å². The Bertz CT molecular complexity index is 973. The highest BCUT2D eigenvalue weighted by molar-refractivity contribution is 5.98. The Balaban J connectivity index is 1.61. The average molecular weight is 356 g/mol. The molecule has 2 aromatic carbocycles. The predicted molar refractivity (Wildman–Crippen MR) is 92.9 cm³/mol. The van der Waals surface area contributed by atoms with E-state index in [-0.39, 0.29) is 17.7 Å². The third kappa shape index (κ3) is 3.74. The molecule has 6 heteroatoms. The first-order valence-corrected chi connectivity index (χ1v) is 7.97. The number of rotatable bonds is 6. The van der Waals surface area contributed by atoms with Gasteiger partial charge in [-0.3, -0.25) is 9.59 Å². The summed E-state index contributed by atoms with van der Waals surface area (Å²) in [4.78, 5) is 24.1. The Morgan fingerprint density at radius 3 is 2.69 bits per heavy atom. The summed E-state index contributed by atoms with van der Waals surface area (Å²) in [5.41, 5.74) is 2.55. The zero-order chi connectivity index (χ0) is 18.7. The second-order valence-electron chi connectivity index (χ2n) is 5.87. The zero-order valence-corrected chi connectivity index (χ0v) is 14.4. The van der Waals surface area contributed by atoms with E-state index in [2.05, 4.69) is 0 Å². The number of benzene rings is 2. The Morgan fingerprint density at radius 1 is 1.15 bits per heavy atom. The third-order valence-electron chi connectivity index (χ3n) is 3.98. The van der Waals surface area contributed by atoms with Crippen LogP contribution in [-0.4, -0.2) is 25.5 Å². The molecule has 26 heavy (non-hydrogen) atoms. The van der Waals surface area contributed by atoms with Gasteiger partial charge in [-0.2, -0.15) is 0 Å². The molecule has 0 bridgehead atoms. The number of ketones is 1. The molecule has 3 rings (SSSR count). The highest BCUT2D eigenvalue weighted by Crippen LogP contribution is 2.23. The molecule has 0 amide bonds. The topological polar surface area (TPSA) is 65.7 Å². The summed E-state index contributed by atoms with van der Waals surface area (Å²) in [6.45, 7) is 1.49. The first kappa shape index (κ1) is 17.7. The summed E-state index contributed by atoms with van der Waals surface area (Å²) < 4.78 is 28.9. The lowest BCUT2D eigenvalue weighted by Crippen LogP contribution is -2.15. The molecule has 0 radical (unpaired) electrons. The summed E-state index contributed by atoms with van der Waals surface area (Å²) in [6, 6.07) is 9.51. The van der Waals surface area contributed by atoms with Gasteiger partial charge in [0.2, 0.25) is 0 Å². The molecule has 0 aliphatic rings. The van der Waals surface area contributed by atoms with Crippen molar-refractivity contribution >= 4 is 22.7 Å². The highest BCUT2D eigenvalue weighted by Gasteiger charge is 2.15. The number of halogens is 1. The quantitative estimate of drug-likeness (QED) is 0.496. The lowest BCUT2D eigenvalue weighted by molar-refractivity contribution is -0.141. The van der Waals surface area contributed by atoms with E-state index in [1.807, 2.05) is 25.1 Å². The van der Waals surface area contributed by atoms with Crippen molar-refractivity contribution in [1.82, 2.24) is 0 Å². The standard InChI is InChI=1S/C20H17FO5/c1-12-3-5-15-14(10-25-19(15)7-12)9-20(23)26-11-17(22)13-4-6-18(24-2)16(21)8-13/h3-8,10H,9,11H2,1-2H3. The number of Topliss-reactive ketones (excluding diaryl/α,β-unsaturated/α-hetero) is 1.